The third kappa shape index (κ3) is 6.99. The van der Waals surface area contributed by atoms with Crippen LogP contribution in [0.15, 0.2) is 78.9 Å². The summed E-state index contributed by atoms with van der Waals surface area (Å²) in [6, 6.07) is 19.5. The molecule has 3 aromatic carbocycles. The van der Waals surface area contributed by atoms with Crippen LogP contribution in [0.5, 0.6) is 0 Å². The summed E-state index contributed by atoms with van der Waals surface area (Å²) >= 11 is 6.24. The van der Waals surface area contributed by atoms with Gasteiger partial charge in [0.15, 0.2) is 0 Å². The van der Waals surface area contributed by atoms with Gasteiger partial charge in [-0.3, -0.25) is 19.9 Å². The normalized spacial score (nSPS) is 19.6. The van der Waals surface area contributed by atoms with Crippen LogP contribution in [0, 0.1) is 11.2 Å². The fraction of sp³-hybridized carbons (Fsp3) is 0.323. The summed E-state index contributed by atoms with van der Waals surface area (Å²) in [6.45, 7) is 5.76. The molecule has 4 rings (SSSR count). The van der Waals surface area contributed by atoms with Crippen molar-refractivity contribution >= 4 is 35.1 Å². The number of anilines is 1. The van der Waals surface area contributed by atoms with E-state index in [0.29, 0.717) is 22.7 Å². The topological polar surface area (TPSA) is 95.7 Å². The Morgan fingerprint density at radius 2 is 1.68 bits per heavy atom. The highest BCUT2D eigenvalue weighted by atomic mass is 35.5. The summed E-state index contributed by atoms with van der Waals surface area (Å²) in [5.74, 6) is -1.60. The number of hydrogen-bond acceptors (Lipinski definition) is 3. The molecule has 0 bridgehead atoms. The first-order valence-corrected chi connectivity index (χ1v) is 13.6. The number of rotatable bonds is 6. The molecule has 3 aromatic rings. The monoisotopic (exact) mass is 564 g/mol. The number of amides is 4. The van der Waals surface area contributed by atoms with E-state index < -0.39 is 29.8 Å². The van der Waals surface area contributed by atoms with E-state index in [1.807, 2.05) is 51.1 Å². The van der Waals surface area contributed by atoms with Crippen LogP contribution in [0.4, 0.5) is 14.9 Å². The number of nitrogens with zero attached hydrogens (tertiary/aromatic N) is 2. The summed E-state index contributed by atoms with van der Waals surface area (Å²) in [5, 5.41) is 1.63. The van der Waals surface area contributed by atoms with Crippen molar-refractivity contribution in [3.05, 3.63) is 101 Å². The lowest BCUT2D eigenvalue weighted by molar-refractivity contribution is -0.145. The molecule has 1 saturated heterocycles. The van der Waals surface area contributed by atoms with Crippen LogP contribution >= 0.6 is 11.6 Å². The lowest BCUT2D eigenvalue weighted by atomic mass is 9.86. The first-order valence-electron chi connectivity index (χ1n) is 13.2. The summed E-state index contributed by atoms with van der Waals surface area (Å²) in [4.78, 5) is 41.8. The first kappa shape index (κ1) is 29.1. The molecule has 0 radical (unpaired) electrons. The molecule has 7 nitrogen and oxygen atoms in total. The van der Waals surface area contributed by atoms with Crippen molar-refractivity contribution in [2.45, 2.75) is 58.0 Å². The van der Waals surface area contributed by atoms with Crippen LogP contribution in [0.3, 0.4) is 0 Å². The molecule has 1 aliphatic rings. The van der Waals surface area contributed by atoms with Gasteiger partial charge in [0.05, 0.1) is 6.04 Å². The Bertz CT molecular complexity index is 1380. The molecule has 3 unspecified atom stereocenters. The largest absolute Gasteiger partial charge is 0.351 e. The van der Waals surface area contributed by atoms with E-state index in [1.165, 1.54) is 22.0 Å². The predicted molar refractivity (Wildman–Crippen MR) is 154 cm³/mol. The number of nitrogens with two attached hydrogens (primary N) is 1. The molecule has 1 heterocycles. The zero-order valence-corrected chi connectivity index (χ0v) is 23.6. The molecule has 0 aliphatic carbocycles. The lowest BCUT2D eigenvalue weighted by Crippen LogP contribution is -2.57. The van der Waals surface area contributed by atoms with Crippen molar-refractivity contribution in [2.75, 3.05) is 4.90 Å². The van der Waals surface area contributed by atoms with Gasteiger partial charge in [-0.15, -0.1) is 0 Å². The van der Waals surface area contributed by atoms with Gasteiger partial charge in [0.2, 0.25) is 5.91 Å². The van der Waals surface area contributed by atoms with Crippen LogP contribution in [-0.2, 0) is 9.59 Å². The average Bonchev–Trinajstić information content (AvgIpc) is 3.01. The molecular weight excluding hydrogens is 531 g/mol. The third-order valence-electron chi connectivity index (χ3n) is 6.93. The fourth-order valence-electron chi connectivity index (χ4n) is 5.24. The van der Waals surface area contributed by atoms with Crippen LogP contribution in [-0.4, -0.2) is 28.9 Å². The van der Waals surface area contributed by atoms with Crippen molar-refractivity contribution in [3.8, 4) is 0 Å². The number of primary amides is 1. The number of hydrogen-bond donors (Lipinski definition) is 2. The van der Waals surface area contributed by atoms with Gasteiger partial charge in [-0.05, 0) is 65.6 Å². The molecule has 4 amide bonds. The number of nitrogens with one attached hydrogen (secondary N) is 1. The Labute approximate surface area is 239 Å². The molecule has 210 valence electrons. The number of hydrazine groups is 1. The maximum absolute atomic E-state index is 14.5. The minimum atomic E-state index is -1.07. The van der Waals surface area contributed by atoms with E-state index in [9.17, 15) is 18.8 Å². The number of urea groups is 1. The van der Waals surface area contributed by atoms with Crippen LogP contribution in [0.1, 0.15) is 63.1 Å². The zero-order chi connectivity index (χ0) is 29.0. The minimum absolute atomic E-state index is 0.146. The van der Waals surface area contributed by atoms with E-state index in [4.69, 9.17) is 17.3 Å². The van der Waals surface area contributed by atoms with Crippen molar-refractivity contribution in [2.24, 2.45) is 11.1 Å². The van der Waals surface area contributed by atoms with Gasteiger partial charge < -0.3 is 5.73 Å². The zero-order valence-electron chi connectivity index (χ0n) is 22.8. The summed E-state index contributed by atoms with van der Waals surface area (Å²) < 4.78 is 14.5. The molecule has 40 heavy (non-hydrogen) atoms. The SMILES string of the molecule is CC(C)(C)CC(=O)NN1C(=O)C(N(C(N)=O)c2cccc(Cl)c2)CC(c2ccccc2)CC1c1cccc(F)c1. The Hall–Kier alpha value is -3.91. The van der Waals surface area contributed by atoms with Crippen molar-refractivity contribution in [1.82, 2.24) is 10.4 Å². The molecule has 3 atom stereocenters. The van der Waals surface area contributed by atoms with Gasteiger partial charge >= 0.3 is 6.03 Å². The summed E-state index contributed by atoms with van der Waals surface area (Å²) in [7, 11) is 0. The molecular formula is C31H34ClFN4O3. The molecule has 3 N–H and O–H groups in total. The highest BCUT2D eigenvalue weighted by molar-refractivity contribution is 6.31. The first-order chi connectivity index (χ1) is 18.9. The van der Waals surface area contributed by atoms with Crippen LogP contribution in [0.2, 0.25) is 5.02 Å². The van der Waals surface area contributed by atoms with E-state index in [0.717, 1.165) is 5.56 Å². The highest BCUT2D eigenvalue weighted by Gasteiger charge is 2.43. The smallest absolute Gasteiger partial charge is 0.320 e. The van der Waals surface area contributed by atoms with Gasteiger partial charge in [-0.2, -0.15) is 0 Å². The number of carbonyl (C=O) groups is 3. The Balaban J connectivity index is 1.87. The van der Waals surface area contributed by atoms with Crippen molar-refractivity contribution in [3.63, 3.8) is 0 Å². The predicted octanol–water partition coefficient (Wildman–Crippen LogP) is 6.35. The lowest BCUT2D eigenvalue weighted by Gasteiger charge is -2.35. The van der Waals surface area contributed by atoms with Gasteiger partial charge in [-0.25, -0.2) is 14.2 Å². The Morgan fingerprint density at radius 1 is 1.00 bits per heavy atom. The van der Waals surface area contributed by atoms with Crippen LogP contribution < -0.4 is 16.1 Å². The molecule has 1 aliphatic heterocycles. The molecule has 0 spiro atoms. The van der Waals surface area contributed by atoms with Crippen LogP contribution in [0.25, 0.3) is 0 Å². The Morgan fingerprint density at radius 3 is 2.30 bits per heavy atom. The van der Waals surface area contributed by atoms with E-state index in [-0.39, 0.29) is 30.1 Å². The van der Waals surface area contributed by atoms with E-state index in [1.54, 1.807) is 36.4 Å². The van der Waals surface area contributed by atoms with Gasteiger partial charge in [0.25, 0.3) is 5.91 Å². The average molecular weight is 565 g/mol. The summed E-state index contributed by atoms with van der Waals surface area (Å²) in [5.41, 5.74) is 10.2. The van der Waals surface area contributed by atoms with E-state index >= 15 is 0 Å². The second-order valence-electron chi connectivity index (χ2n) is 11.3. The van der Waals surface area contributed by atoms with Gasteiger partial charge in [0, 0.05) is 17.1 Å². The van der Waals surface area contributed by atoms with Gasteiger partial charge in [-0.1, -0.05) is 80.9 Å². The standard InChI is InChI=1S/C31H34ClFN4O3/c1-31(2,3)19-28(38)35-37-26(21-11-7-13-24(33)15-21)16-22(20-9-5-4-6-10-20)17-27(29(37)39)36(30(34)40)25-14-8-12-23(32)18-25/h4-15,18,22,26-27H,16-17,19H2,1-3H3,(H2,34,40)(H,35,38). The molecule has 1 fully saturated rings. The number of benzene rings is 3. The minimum Gasteiger partial charge on any atom is -0.351 e. The maximum atomic E-state index is 14.5. The molecule has 0 saturated carbocycles. The van der Waals surface area contributed by atoms with E-state index in [2.05, 4.69) is 5.43 Å². The highest BCUT2D eigenvalue weighted by Crippen LogP contribution is 2.41. The third-order valence-corrected chi connectivity index (χ3v) is 7.16. The molecule has 0 aromatic heterocycles. The second-order valence-corrected chi connectivity index (χ2v) is 11.8. The number of carbonyl (C=O) groups excluding carboxylic acids is 3. The number of halogens is 2. The summed E-state index contributed by atoms with van der Waals surface area (Å²) in [6.07, 6.45) is 0.733. The molecule has 9 heteroatoms. The van der Waals surface area contributed by atoms with Crippen molar-refractivity contribution in [1.29, 1.82) is 0 Å². The fourth-order valence-corrected chi connectivity index (χ4v) is 5.43. The maximum Gasteiger partial charge on any atom is 0.320 e. The second kappa shape index (κ2) is 12.1. The van der Waals surface area contributed by atoms with Crippen molar-refractivity contribution < 1.29 is 18.8 Å². The Kier molecular flexibility index (Phi) is 8.79. The van der Waals surface area contributed by atoms with Gasteiger partial charge in [0.1, 0.15) is 11.9 Å². The quantitative estimate of drug-likeness (QED) is 0.365.